The first-order chi connectivity index (χ1) is 11.1. The minimum absolute atomic E-state index is 0.605. The van der Waals surface area contributed by atoms with E-state index in [0.29, 0.717) is 11.5 Å². The summed E-state index contributed by atoms with van der Waals surface area (Å²) in [5, 5.41) is 7.35. The maximum atomic E-state index is 6.20. The normalized spacial score (nSPS) is 16.3. The molecule has 3 aromatic rings. The molecule has 0 amide bonds. The summed E-state index contributed by atoms with van der Waals surface area (Å²) in [4.78, 5) is 15.1. The SMILES string of the molecule is CN1CCN(c2nc(-c3cccs3)c3c(N)n(C)nc3n2)CC1. The lowest BCUT2D eigenvalue weighted by Gasteiger charge is -2.32. The Labute approximate surface area is 138 Å². The molecule has 8 heteroatoms. The fraction of sp³-hybridized carbons (Fsp3) is 0.400. The van der Waals surface area contributed by atoms with E-state index >= 15 is 0 Å². The van der Waals surface area contributed by atoms with Crippen LogP contribution in [0.15, 0.2) is 17.5 Å². The van der Waals surface area contributed by atoms with E-state index in [1.807, 2.05) is 18.5 Å². The van der Waals surface area contributed by atoms with Crippen LogP contribution in [0.2, 0.25) is 0 Å². The van der Waals surface area contributed by atoms with E-state index in [2.05, 4.69) is 33.0 Å². The van der Waals surface area contributed by atoms with Crippen molar-refractivity contribution in [2.45, 2.75) is 0 Å². The lowest BCUT2D eigenvalue weighted by atomic mass is 10.2. The molecule has 1 saturated heterocycles. The minimum atomic E-state index is 0.605. The topological polar surface area (TPSA) is 76.1 Å². The molecule has 1 fully saturated rings. The number of nitrogen functional groups attached to an aromatic ring is 1. The number of aromatic nitrogens is 4. The van der Waals surface area contributed by atoms with Crippen LogP contribution in [0.4, 0.5) is 11.8 Å². The quantitative estimate of drug-likeness (QED) is 0.766. The summed E-state index contributed by atoms with van der Waals surface area (Å²) >= 11 is 1.65. The van der Waals surface area contributed by atoms with E-state index in [1.165, 1.54) is 0 Å². The second kappa shape index (κ2) is 5.47. The van der Waals surface area contributed by atoms with Gasteiger partial charge in [0.05, 0.1) is 16.0 Å². The minimum Gasteiger partial charge on any atom is -0.383 e. The zero-order chi connectivity index (χ0) is 16.0. The molecular formula is C15H19N7S. The number of nitrogens with two attached hydrogens (primary N) is 1. The highest BCUT2D eigenvalue weighted by atomic mass is 32.1. The highest BCUT2D eigenvalue weighted by molar-refractivity contribution is 7.13. The summed E-state index contributed by atoms with van der Waals surface area (Å²) in [5.41, 5.74) is 7.74. The number of likely N-dealkylation sites (N-methyl/N-ethyl adjacent to an activating group) is 1. The third-order valence-electron chi connectivity index (χ3n) is 4.27. The average molecular weight is 329 g/mol. The van der Waals surface area contributed by atoms with E-state index in [1.54, 1.807) is 16.0 Å². The molecule has 0 unspecified atom stereocenters. The molecule has 4 heterocycles. The molecule has 7 nitrogen and oxygen atoms in total. The van der Waals surface area contributed by atoms with Crippen molar-refractivity contribution >= 4 is 34.1 Å². The first-order valence-electron chi connectivity index (χ1n) is 7.61. The Morgan fingerprint density at radius 1 is 1.13 bits per heavy atom. The van der Waals surface area contributed by atoms with Crippen molar-refractivity contribution in [2.24, 2.45) is 7.05 Å². The zero-order valence-corrected chi connectivity index (χ0v) is 14.0. The zero-order valence-electron chi connectivity index (χ0n) is 13.2. The van der Waals surface area contributed by atoms with E-state index in [-0.39, 0.29) is 0 Å². The molecule has 0 spiro atoms. The van der Waals surface area contributed by atoms with Crippen molar-refractivity contribution in [3.63, 3.8) is 0 Å². The van der Waals surface area contributed by atoms with Gasteiger partial charge in [-0.3, -0.25) is 4.68 Å². The number of fused-ring (bicyclic) bond motifs is 1. The average Bonchev–Trinajstić information content (AvgIpc) is 3.17. The lowest BCUT2D eigenvalue weighted by molar-refractivity contribution is 0.311. The summed E-state index contributed by atoms with van der Waals surface area (Å²) in [6.45, 7) is 3.88. The second-order valence-corrected chi connectivity index (χ2v) is 6.79. The maximum Gasteiger partial charge on any atom is 0.228 e. The van der Waals surface area contributed by atoms with Gasteiger partial charge in [-0.25, -0.2) is 4.98 Å². The van der Waals surface area contributed by atoms with Gasteiger partial charge in [-0.15, -0.1) is 11.3 Å². The Morgan fingerprint density at radius 2 is 1.91 bits per heavy atom. The smallest absolute Gasteiger partial charge is 0.228 e. The Morgan fingerprint density at radius 3 is 2.61 bits per heavy atom. The van der Waals surface area contributed by atoms with Crippen LogP contribution in [0, 0.1) is 0 Å². The van der Waals surface area contributed by atoms with Crippen molar-refractivity contribution in [3.05, 3.63) is 17.5 Å². The van der Waals surface area contributed by atoms with Gasteiger partial charge in [0.25, 0.3) is 0 Å². The van der Waals surface area contributed by atoms with Crippen LogP contribution in [-0.2, 0) is 7.05 Å². The van der Waals surface area contributed by atoms with Crippen molar-refractivity contribution in [1.29, 1.82) is 0 Å². The number of aryl methyl sites for hydroxylation is 1. The summed E-state index contributed by atoms with van der Waals surface area (Å²) in [5.74, 6) is 1.35. The molecule has 0 bridgehead atoms. The molecule has 23 heavy (non-hydrogen) atoms. The second-order valence-electron chi connectivity index (χ2n) is 5.85. The van der Waals surface area contributed by atoms with Crippen LogP contribution in [0.3, 0.4) is 0 Å². The molecule has 2 N–H and O–H groups in total. The Kier molecular flexibility index (Phi) is 3.42. The molecule has 4 rings (SSSR count). The summed E-state index contributed by atoms with van der Waals surface area (Å²) in [7, 11) is 3.97. The van der Waals surface area contributed by atoms with Crippen molar-refractivity contribution in [1.82, 2.24) is 24.6 Å². The third-order valence-corrected chi connectivity index (χ3v) is 5.14. The Hall–Kier alpha value is -2.19. The van der Waals surface area contributed by atoms with Crippen LogP contribution in [-0.4, -0.2) is 57.9 Å². The van der Waals surface area contributed by atoms with Gasteiger partial charge in [0.2, 0.25) is 5.95 Å². The van der Waals surface area contributed by atoms with Gasteiger partial charge in [-0.05, 0) is 18.5 Å². The highest BCUT2D eigenvalue weighted by Crippen LogP contribution is 2.34. The number of thiophene rings is 1. The Balaban J connectivity index is 1.87. The van der Waals surface area contributed by atoms with E-state index < -0.39 is 0 Å². The van der Waals surface area contributed by atoms with E-state index in [0.717, 1.165) is 48.1 Å². The fourth-order valence-corrected chi connectivity index (χ4v) is 3.56. The first-order valence-corrected chi connectivity index (χ1v) is 8.49. The molecule has 0 radical (unpaired) electrons. The maximum absolute atomic E-state index is 6.20. The Bertz CT molecular complexity index is 831. The molecule has 0 atom stereocenters. The van der Waals surface area contributed by atoms with Gasteiger partial charge in [0.1, 0.15) is 5.82 Å². The van der Waals surface area contributed by atoms with Gasteiger partial charge >= 0.3 is 0 Å². The van der Waals surface area contributed by atoms with Gasteiger partial charge in [0, 0.05) is 33.2 Å². The number of rotatable bonds is 2. The van der Waals surface area contributed by atoms with Gasteiger partial charge in [-0.1, -0.05) is 6.07 Å². The molecule has 3 aromatic heterocycles. The third kappa shape index (κ3) is 2.43. The lowest BCUT2D eigenvalue weighted by Crippen LogP contribution is -2.45. The van der Waals surface area contributed by atoms with Crippen LogP contribution in [0.25, 0.3) is 21.6 Å². The molecule has 0 saturated carbocycles. The molecule has 0 aliphatic carbocycles. The molecule has 1 aliphatic rings. The van der Waals surface area contributed by atoms with Crippen LogP contribution >= 0.6 is 11.3 Å². The number of anilines is 2. The van der Waals surface area contributed by atoms with Gasteiger partial charge in [0.15, 0.2) is 5.65 Å². The number of hydrogen-bond donors (Lipinski definition) is 1. The molecule has 0 aromatic carbocycles. The number of nitrogens with zero attached hydrogens (tertiary/aromatic N) is 6. The highest BCUT2D eigenvalue weighted by Gasteiger charge is 2.22. The monoisotopic (exact) mass is 329 g/mol. The van der Waals surface area contributed by atoms with Crippen molar-refractivity contribution in [2.75, 3.05) is 43.9 Å². The largest absolute Gasteiger partial charge is 0.383 e. The standard InChI is InChI=1S/C15H19N7S/c1-20-5-7-22(8-6-20)15-17-12(10-4-3-9-23-10)11-13(16)21(2)19-14(11)18-15/h3-4,9H,5-8,16H2,1-2H3. The van der Waals surface area contributed by atoms with Crippen LogP contribution < -0.4 is 10.6 Å². The molecule has 1 aliphatic heterocycles. The van der Waals surface area contributed by atoms with Crippen LogP contribution in [0.5, 0.6) is 0 Å². The van der Waals surface area contributed by atoms with Gasteiger partial charge in [-0.2, -0.15) is 10.1 Å². The van der Waals surface area contributed by atoms with E-state index in [4.69, 9.17) is 10.7 Å². The van der Waals surface area contributed by atoms with Crippen molar-refractivity contribution < 1.29 is 0 Å². The number of piperazine rings is 1. The predicted molar refractivity (Wildman–Crippen MR) is 93.7 cm³/mol. The number of hydrogen-bond acceptors (Lipinski definition) is 7. The summed E-state index contributed by atoms with van der Waals surface area (Å²) < 4.78 is 1.67. The molecule has 120 valence electrons. The summed E-state index contributed by atoms with van der Waals surface area (Å²) in [6, 6.07) is 4.09. The molecular weight excluding hydrogens is 310 g/mol. The van der Waals surface area contributed by atoms with Gasteiger partial charge < -0.3 is 15.5 Å². The van der Waals surface area contributed by atoms with Crippen molar-refractivity contribution in [3.8, 4) is 10.6 Å². The predicted octanol–water partition coefficient (Wildman–Crippen LogP) is 1.43. The fourth-order valence-electron chi connectivity index (χ4n) is 2.84. The first kappa shape index (κ1) is 14.4. The summed E-state index contributed by atoms with van der Waals surface area (Å²) in [6.07, 6.45) is 0. The van der Waals surface area contributed by atoms with E-state index in [9.17, 15) is 0 Å². The van der Waals surface area contributed by atoms with Crippen LogP contribution in [0.1, 0.15) is 0 Å².